The molecule has 27 heavy (non-hydrogen) atoms. The SMILES string of the molecule is O=C(CCCOc1ccc(Cl)cc1)Nc1ccc(N2CCOCC2)c(F)c1. The van der Waals surface area contributed by atoms with Gasteiger partial charge >= 0.3 is 0 Å². The molecule has 0 unspecified atom stereocenters. The molecule has 1 fully saturated rings. The molecule has 0 atom stereocenters. The number of hydrogen-bond acceptors (Lipinski definition) is 4. The lowest BCUT2D eigenvalue weighted by atomic mass is 10.2. The summed E-state index contributed by atoms with van der Waals surface area (Å²) in [7, 11) is 0. The molecule has 2 aromatic rings. The van der Waals surface area contributed by atoms with Crippen LogP contribution < -0.4 is 15.0 Å². The first-order valence-electron chi connectivity index (χ1n) is 8.92. The Morgan fingerprint density at radius 2 is 1.93 bits per heavy atom. The Morgan fingerprint density at radius 1 is 1.19 bits per heavy atom. The van der Waals surface area contributed by atoms with Gasteiger partial charge in [-0.05, 0) is 48.9 Å². The molecule has 1 heterocycles. The Kier molecular flexibility index (Phi) is 6.90. The van der Waals surface area contributed by atoms with Crippen molar-refractivity contribution in [3.8, 4) is 5.75 Å². The quantitative estimate of drug-likeness (QED) is 0.720. The molecular weight excluding hydrogens is 371 g/mol. The van der Waals surface area contributed by atoms with E-state index in [1.54, 1.807) is 36.4 Å². The van der Waals surface area contributed by atoms with E-state index in [4.69, 9.17) is 21.1 Å². The molecule has 1 aliphatic rings. The maximum Gasteiger partial charge on any atom is 0.224 e. The molecule has 1 aliphatic heterocycles. The van der Waals surface area contributed by atoms with Crippen molar-refractivity contribution in [1.29, 1.82) is 0 Å². The Labute approximate surface area is 163 Å². The number of halogens is 2. The standard InChI is InChI=1S/C20H22ClFN2O3/c21-15-3-6-17(7-4-15)27-11-1-2-20(25)23-16-5-8-19(18(22)14-16)24-9-12-26-13-10-24/h3-8,14H,1-2,9-13H2,(H,23,25). The van der Waals surface area contributed by atoms with Gasteiger partial charge in [-0.2, -0.15) is 0 Å². The molecule has 0 spiro atoms. The minimum absolute atomic E-state index is 0.173. The molecule has 0 aliphatic carbocycles. The average molecular weight is 393 g/mol. The second-order valence-electron chi connectivity index (χ2n) is 6.22. The molecule has 0 saturated carbocycles. The summed E-state index contributed by atoms with van der Waals surface area (Å²) < 4.78 is 25.2. The van der Waals surface area contributed by atoms with Crippen molar-refractivity contribution in [3.05, 3.63) is 53.3 Å². The minimum Gasteiger partial charge on any atom is -0.494 e. The lowest BCUT2D eigenvalue weighted by Crippen LogP contribution is -2.36. The number of nitrogens with zero attached hydrogens (tertiary/aromatic N) is 1. The third-order valence-corrected chi connectivity index (χ3v) is 4.47. The molecule has 0 bridgehead atoms. The van der Waals surface area contributed by atoms with E-state index in [-0.39, 0.29) is 11.7 Å². The summed E-state index contributed by atoms with van der Waals surface area (Å²) in [6, 6.07) is 11.8. The van der Waals surface area contributed by atoms with Gasteiger partial charge in [-0.3, -0.25) is 4.79 Å². The van der Waals surface area contributed by atoms with Gasteiger partial charge in [-0.1, -0.05) is 11.6 Å². The highest BCUT2D eigenvalue weighted by molar-refractivity contribution is 6.30. The highest BCUT2D eigenvalue weighted by Gasteiger charge is 2.15. The highest BCUT2D eigenvalue weighted by atomic mass is 35.5. The number of benzene rings is 2. The van der Waals surface area contributed by atoms with Crippen molar-refractivity contribution < 1.29 is 18.7 Å². The fourth-order valence-corrected chi connectivity index (χ4v) is 2.95. The van der Waals surface area contributed by atoms with Crippen molar-refractivity contribution in [3.63, 3.8) is 0 Å². The van der Waals surface area contributed by atoms with E-state index in [1.165, 1.54) is 6.07 Å². The first-order valence-corrected chi connectivity index (χ1v) is 9.30. The van der Waals surface area contributed by atoms with Crippen LogP contribution in [0.1, 0.15) is 12.8 Å². The van der Waals surface area contributed by atoms with Gasteiger partial charge in [-0.25, -0.2) is 4.39 Å². The van der Waals surface area contributed by atoms with Gasteiger partial charge in [0, 0.05) is 30.2 Å². The summed E-state index contributed by atoms with van der Waals surface area (Å²) in [6.07, 6.45) is 0.850. The molecule has 2 aromatic carbocycles. The largest absolute Gasteiger partial charge is 0.494 e. The van der Waals surface area contributed by atoms with Crippen LogP contribution in [0.3, 0.4) is 0 Å². The van der Waals surface area contributed by atoms with Crippen LogP contribution in [-0.4, -0.2) is 38.8 Å². The van der Waals surface area contributed by atoms with Crippen LogP contribution in [0.2, 0.25) is 5.02 Å². The fourth-order valence-electron chi connectivity index (χ4n) is 2.82. The first kappa shape index (κ1) is 19.5. The van der Waals surface area contributed by atoms with Gasteiger partial charge in [0.1, 0.15) is 11.6 Å². The topological polar surface area (TPSA) is 50.8 Å². The van der Waals surface area contributed by atoms with E-state index in [1.807, 2.05) is 4.90 Å². The fraction of sp³-hybridized carbons (Fsp3) is 0.350. The normalized spacial score (nSPS) is 14.1. The molecule has 1 saturated heterocycles. The Hall–Kier alpha value is -2.31. The summed E-state index contributed by atoms with van der Waals surface area (Å²) in [4.78, 5) is 14.0. The number of ether oxygens (including phenoxy) is 2. The number of carbonyl (C=O) groups excluding carboxylic acids is 1. The number of hydrogen-bond donors (Lipinski definition) is 1. The molecule has 5 nitrogen and oxygen atoms in total. The van der Waals surface area contributed by atoms with Gasteiger partial charge in [0.25, 0.3) is 0 Å². The zero-order valence-corrected chi connectivity index (χ0v) is 15.7. The smallest absolute Gasteiger partial charge is 0.224 e. The molecule has 0 aromatic heterocycles. The van der Waals surface area contributed by atoms with Crippen LogP contribution in [0.4, 0.5) is 15.8 Å². The molecule has 144 valence electrons. The third-order valence-electron chi connectivity index (χ3n) is 4.21. The van der Waals surface area contributed by atoms with E-state index in [0.29, 0.717) is 67.9 Å². The Bertz CT molecular complexity index is 764. The number of rotatable bonds is 7. The maximum atomic E-state index is 14.3. The summed E-state index contributed by atoms with van der Waals surface area (Å²) >= 11 is 5.81. The summed E-state index contributed by atoms with van der Waals surface area (Å²) in [5.74, 6) is 0.189. The number of carbonyl (C=O) groups is 1. The van der Waals surface area contributed by atoms with E-state index in [2.05, 4.69) is 5.32 Å². The molecule has 3 rings (SSSR count). The zero-order valence-electron chi connectivity index (χ0n) is 14.9. The van der Waals surface area contributed by atoms with Crippen LogP contribution in [0.15, 0.2) is 42.5 Å². The van der Waals surface area contributed by atoms with Crippen LogP contribution in [-0.2, 0) is 9.53 Å². The molecule has 1 amide bonds. The second kappa shape index (κ2) is 9.58. The monoisotopic (exact) mass is 392 g/mol. The Morgan fingerprint density at radius 3 is 2.63 bits per heavy atom. The lowest BCUT2D eigenvalue weighted by molar-refractivity contribution is -0.116. The van der Waals surface area contributed by atoms with Crippen molar-refractivity contribution in [2.24, 2.45) is 0 Å². The predicted octanol–water partition coefficient (Wildman–Crippen LogP) is 4.11. The van der Waals surface area contributed by atoms with Gasteiger partial charge < -0.3 is 19.7 Å². The summed E-state index contributed by atoms with van der Waals surface area (Å²) in [5, 5.41) is 3.37. The van der Waals surface area contributed by atoms with Gasteiger partial charge in [-0.15, -0.1) is 0 Å². The summed E-state index contributed by atoms with van der Waals surface area (Å²) in [6.45, 7) is 2.93. The van der Waals surface area contributed by atoms with Gasteiger partial charge in [0.15, 0.2) is 0 Å². The zero-order chi connectivity index (χ0) is 19.1. The van der Waals surface area contributed by atoms with Crippen LogP contribution in [0.5, 0.6) is 5.75 Å². The maximum absolute atomic E-state index is 14.3. The molecule has 0 radical (unpaired) electrons. The number of amides is 1. The van der Waals surface area contributed by atoms with E-state index < -0.39 is 0 Å². The first-order chi connectivity index (χ1) is 13.1. The van der Waals surface area contributed by atoms with E-state index >= 15 is 0 Å². The van der Waals surface area contributed by atoms with Crippen molar-refractivity contribution in [2.75, 3.05) is 43.1 Å². The van der Waals surface area contributed by atoms with E-state index in [9.17, 15) is 9.18 Å². The summed E-state index contributed by atoms with van der Waals surface area (Å²) in [5.41, 5.74) is 0.987. The number of nitrogens with one attached hydrogen (secondary N) is 1. The molecule has 1 N–H and O–H groups in total. The van der Waals surface area contributed by atoms with Crippen LogP contribution >= 0.6 is 11.6 Å². The Balaban J connectivity index is 1.43. The third kappa shape index (κ3) is 5.84. The van der Waals surface area contributed by atoms with Crippen molar-refractivity contribution in [2.45, 2.75) is 12.8 Å². The number of morpholine rings is 1. The van der Waals surface area contributed by atoms with Crippen LogP contribution in [0.25, 0.3) is 0 Å². The van der Waals surface area contributed by atoms with Crippen molar-refractivity contribution >= 4 is 28.9 Å². The number of anilines is 2. The van der Waals surface area contributed by atoms with Gasteiger partial charge in [0.05, 0.1) is 25.5 Å². The highest BCUT2D eigenvalue weighted by Crippen LogP contribution is 2.24. The lowest BCUT2D eigenvalue weighted by Gasteiger charge is -2.29. The van der Waals surface area contributed by atoms with Crippen LogP contribution in [0, 0.1) is 5.82 Å². The molecular formula is C20H22ClFN2O3. The predicted molar refractivity (Wildman–Crippen MR) is 104 cm³/mol. The molecule has 7 heteroatoms. The average Bonchev–Trinajstić information content (AvgIpc) is 2.67. The van der Waals surface area contributed by atoms with E-state index in [0.717, 1.165) is 0 Å². The van der Waals surface area contributed by atoms with Crippen molar-refractivity contribution in [1.82, 2.24) is 0 Å². The second-order valence-corrected chi connectivity index (χ2v) is 6.66. The van der Waals surface area contributed by atoms with Gasteiger partial charge in [0.2, 0.25) is 5.91 Å². The minimum atomic E-state index is -0.347.